The molecule has 1 heterocycles. The molecule has 3 aromatic carbocycles. The van der Waals surface area contributed by atoms with E-state index in [2.05, 4.69) is 20.8 Å². The van der Waals surface area contributed by atoms with Gasteiger partial charge in [-0.15, -0.1) is 0 Å². The van der Waals surface area contributed by atoms with Gasteiger partial charge in [-0.25, -0.2) is 0 Å². The molecule has 0 spiro atoms. The van der Waals surface area contributed by atoms with Crippen LogP contribution in [0.3, 0.4) is 0 Å². The number of anilines is 1. The molecule has 0 bridgehead atoms. The summed E-state index contributed by atoms with van der Waals surface area (Å²) in [6, 6.07) is 23.4. The van der Waals surface area contributed by atoms with Gasteiger partial charge in [0.1, 0.15) is 0 Å². The van der Waals surface area contributed by atoms with Gasteiger partial charge in [0.15, 0.2) is 0 Å². The van der Waals surface area contributed by atoms with Crippen LogP contribution in [-0.2, 0) is 13.1 Å². The Bertz CT molecular complexity index is 1180. The zero-order chi connectivity index (χ0) is 21.6. The second-order valence-electron chi connectivity index (χ2n) is 7.45. The van der Waals surface area contributed by atoms with Crippen LogP contribution in [0.2, 0.25) is 0 Å². The molecular weight excluding hydrogens is 388 g/mol. The molecule has 4 rings (SSSR count). The van der Waals surface area contributed by atoms with E-state index >= 15 is 0 Å². The minimum atomic E-state index is -0.144. The molecule has 0 aliphatic heterocycles. The molecule has 1 aromatic heterocycles. The van der Waals surface area contributed by atoms with Gasteiger partial charge >= 0.3 is 0 Å². The summed E-state index contributed by atoms with van der Waals surface area (Å²) in [7, 11) is 0. The molecule has 4 aromatic rings. The number of amides is 1. The van der Waals surface area contributed by atoms with Crippen LogP contribution in [0.15, 0.2) is 77.3 Å². The van der Waals surface area contributed by atoms with Gasteiger partial charge in [-0.2, -0.15) is 4.98 Å². The molecule has 6 nitrogen and oxygen atoms in total. The van der Waals surface area contributed by atoms with Crippen molar-refractivity contribution in [2.75, 3.05) is 5.32 Å². The molecule has 6 heteroatoms. The van der Waals surface area contributed by atoms with Crippen molar-refractivity contribution in [3.63, 3.8) is 0 Å². The molecule has 156 valence electrons. The molecule has 2 N–H and O–H groups in total. The number of carbonyl (C=O) groups excluding carboxylic acids is 1. The van der Waals surface area contributed by atoms with Gasteiger partial charge in [-0.1, -0.05) is 70.9 Å². The van der Waals surface area contributed by atoms with E-state index in [0.717, 1.165) is 16.7 Å². The minimum absolute atomic E-state index is 0.144. The van der Waals surface area contributed by atoms with Crippen LogP contribution >= 0.6 is 0 Å². The highest BCUT2D eigenvalue weighted by Crippen LogP contribution is 2.19. The quantitative estimate of drug-likeness (QED) is 0.451. The Labute approximate surface area is 181 Å². The maximum atomic E-state index is 12.7. The van der Waals surface area contributed by atoms with Crippen molar-refractivity contribution in [3.05, 3.63) is 101 Å². The van der Waals surface area contributed by atoms with E-state index in [4.69, 9.17) is 4.52 Å². The Morgan fingerprint density at radius 3 is 2.52 bits per heavy atom. The van der Waals surface area contributed by atoms with Gasteiger partial charge < -0.3 is 15.2 Å². The number of aromatic nitrogens is 2. The van der Waals surface area contributed by atoms with Crippen molar-refractivity contribution < 1.29 is 9.32 Å². The van der Waals surface area contributed by atoms with Crippen molar-refractivity contribution in [2.45, 2.75) is 26.9 Å². The van der Waals surface area contributed by atoms with Gasteiger partial charge in [0.25, 0.3) is 5.91 Å². The molecular formula is C25H24N4O2. The fourth-order valence-electron chi connectivity index (χ4n) is 3.22. The third-order valence-corrected chi connectivity index (χ3v) is 4.92. The monoisotopic (exact) mass is 412 g/mol. The van der Waals surface area contributed by atoms with Crippen LogP contribution in [-0.4, -0.2) is 16.0 Å². The molecule has 0 aliphatic carbocycles. The molecule has 0 saturated heterocycles. The van der Waals surface area contributed by atoms with E-state index in [1.165, 1.54) is 5.56 Å². The predicted octanol–water partition coefficient (Wildman–Crippen LogP) is 4.90. The summed E-state index contributed by atoms with van der Waals surface area (Å²) in [6.45, 7) is 4.85. The molecule has 0 unspecified atom stereocenters. The summed E-state index contributed by atoms with van der Waals surface area (Å²) in [5, 5.41) is 10.3. The first-order valence-electron chi connectivity index (χ1n) is 10.1. The third-order valence-electron chi connectivity index (χ3n) is 4.92. The molecule has 31 heavy (non-hydrogen) atoms. The summed E-state index contributed by atoms with van der Waals surface area (Å²) < 4.78 is 5.37. The van der Waals surface area contributed by atoms with Crippen LogP contribution in [0.5, 0.6) is 0 Å². The topological polar surface area (TPSA) is 80.0 Å². The second-order valence-corrected chi connectivity index (χ2v) is 7.45. The lowest BCUT2D eigenvalue weighted by atomic mass is 10.1. The van der Waals surface area contributed by atoms with Crippen molar-refractivity contribution in [2.24, 2.45) is 0 Å². The van der Waals surface area contributed by atoms with Gasteiger partial charge in [-0.05, 0) is 37.6 Å². The second kappa shape index (κ2) is 9.26. The van der Waals surface area contributed by atoms with Gasteiger partial charge in [0.2, 0.25) is 11.7 Å². The normalized spacial score (nSPS) is 10.6. The van der Waals surface area contributed by atoms with E-state index in [9.17, 15) is 4.79 Å². The average Bonchev–Trinajstić information content (AvgIpc) is 3.26. The smallest absolute Gasteiger partial charge is 0.253 e. The highest BCUT2D eigenvalue weighted by molar-refractivity contribution is 5.99. The lowest BCUT2D eigenvalue weighted by molar-refractivity contribution is 0.0951. The van der Waals surface area contributed by atoms with E-state index in [-0.39, 0.29) is 5.91 Å². The highest BCUT2D eigenvalue weighted by Gasteiger charge is 2.13. The third kappa shape index (κ3) is 5.17. The Balaban J connectivity index is 1.40. The molecule has 0 saturated carbocycles. The van der Waals surface area contributed by atoms with Crippen LogP contribution in [0, 0.1) is 13.8 Å². The lowest BCUT2D eigenvalue weighted by Crippen LogP contribution is -2.24. The number of carbonyl (C=O) groups is 1. The van der Waals surface area contributed by atoms with Crippen LogP contribution in [0.25, 0.3) is 11.4 Å². The fraction of sp³-hybridized carbons (Fsp3) is 0.160. The van der Waals surface area contributed by atoms with Crippen molar-refractivity contribution in [1.29, 1.82) is 0 Å². The summed E-state index contributed by atoms with van der Waals surface area (Å²) in [5.41, 5.74) is 5.56. The summed E-state index contributed by atoms with van der Waals surface area (Å²) in [4.78, 5) is 17.2. The first kappa shape index (κ1) is 20.3. The standard InChI is InChI=1S/C25H24N4O2/c1-17-10-12-19(13-11-17)15-27-25(30)21-8-3-4-9-22(21)26-16-23-28-24(29-31-23)20-7-5-6-18(2)14-20/h3-14,26H,15-16H2,1-2H3,(H,27,30). The van der Waals surface area contributed by atoms with E-state index in [1.807, 2.05) is 80.6 Å². The Morgan fingerprint density at radius 2 is 1.71 bits per heavy atom. The zero-order valence-electron chi connectivity index (χ0n) is 17.6. The first-order chi connectivity index (χ1) is 15.1. The number of benzene rings is 3. The lowest BCUT2D eigenvalue weighted by Gasteiger charge is -2.11. The Morgan fingerprint density at radius 1 is 0.903 bits per heavy atom. The molecule has 0 aliphatic rings. The molecule has 0 radical (unpaired) electrons. The number of nitrogens with zero attached hydrogens (tertiary/aromatic N) is 2. The number of rotatable bonds is 7. The van der Waals surface area contributed by atoms with E-state index in [1.54, 1.807) is 6.07 Å². The number of nitrogens with one attached hydrogen (secondary N) is 2. The maximum absolute atomic E-state index is 12.7. The Kier molecular flexibility index (Phi) is 6.08. The largest absolute Gasteiger partial charge is 0.375 e. The van der Waals surface area contributed by atoms with Crippen LogP contribution in [0.1, 0.15) is 32.9 Å². The maximum Gasteiger partial charge on any atom is 0.253 e. The van der Waals surface area contributed by atoms with E-state index in [0.29, 0.717) is 36.1 Å². The fourth-order valence-corrected chi connectivity index (χ4v) is 3.22. The minimum Gasteiger partial charge on any atom is -0.375 e. The molecule has 0 atom stereocenters. The van der Waals surface area contributed by atoms with Gasteiger partial charge in [-0.3, -0.25) is 4.79 Å². The number of aryl methyl sites for hydroxylation is 2. The zero-order valence-corrected chi connectivity index (χ0v) is 17.6. The number of hydrogen-bond acceptors (Lipinski definition) is 5. The summed E-state index contributed by atoms with van der Waals surface area (Å²) in [5.74, 6) is 0.852. The first-order valence-corrected chi connectivity index (χ1v) is 10.1. The SMILES string of the molecule is Cc1ccc(CNC(=O)c2ccccc2NCc2nc(-c3cccc(C)c3)no2)cc1. The van der Waals surface area contributed by atoms with Crippen molar-refractivity contribution in [3.8, 4) is 11.4 Å². The Hall–Kier alpha value is -3.93. The number of para-hydroxylation sites is 1. The van der Waals surface area contributed by atoms with Crippen LogP contribution in [0.4, 0.5) is 5.69 Å². The van der Waals surface area contributed by atoms with Crippen LogP contribution < -0.4 is 10.6 Å². The number of hydrogen-bond donors (Lipinski definition) is 2. The predicted molar refractivity (Wildman–Crippen MR) is 121 cm³/mol. The van der Waals surface area contributed by atoms with E-state index < -0.39 is 0 Å². The highest BCUT2D eigenvalue weighted by atomic mass is 16.5. The van der Waals surface area contributed by atoms with Crippen molar-refractivity contribution in [1.82, 2.24) is 15.5 Å². The van der Waals surface area contributed by atoms with Gasteiger partial charge in [0.05, 0.1) is 12.1 Å². The van der Waals surface area contributed by atoms with Gasteiger partial charge in [0, 0.05) is 17.8 Å². The molecule has 0 fully saturated rings. The van der Waals surface area contributed by atoms with Crippen molar-refractivity contribution >= 4 is 11.6 Å². The summed E-state index contributed by atoms with van der Waals surface area (Å²) in [6.07, 6.45) is 0. The summed E-state index contributed by atoms with van der Waals surface area (Å²) >= 11 is 0. The molecule has 1 amide bonds. The average molecular weight is 412 g/mol.